The number of hydrogen-bond acceptors (Lipinski definition) is 2. The van der Waals surface area contributed by atoms with Crippen molar-refractivity contribution in [3.8, 4) is 0 Å². The van der Waals surface area contributed by atoms with Crippen molar-refractivity contribution in [3.05, 3.63) is 35.9 Å². The molecule has 2 rings (SSSR count). The predicted octanol–water partition coefficient (Wildman–Crippen LogP) is 2.34. The molecular weight excluding hydrogens is 188 g/mol. The second-order valence-electron chi connectivity index (χ2n) is 4.40. The molecule has 1 aliphatic rings. The summed E-state index contributed by atoms with van der Waals surface area (Å²) in [5.41, 5.74) is 0.286. The topological polar surface area (TPSA) is 34.1 Å². The second kappa shape index (κ2) is 3.61. The molecule has 0 aliphatic heterocycles. The largest absolute Gasteiger partial charge is 0.302 e. The Balaban J connectivity index is 2.29. The second-order valence-corrected chi connectivity index (χ2v) is 4.40. The lowest BCUT2D eigenvalue weighted by Crippen LogP contribution is -2.25. The number of carbonyl (C=O) groups excluding carboxylic acids is 2. The van der Waals surface area contributed by atoms with Crippen LogP contribution in [0.4, 0.5) is 0 Å². The van der Waals surface area contributed by atoms with Gasteiger partial charge in [-0.05, 0) is 25.3 Å². The molecule has 2 nitrogen and oxygen atoms in total. The van der Waals surface area contributed by atoms with E-state index in [1.54, 1.807) is 6.92 Å². The van der Waals surface area contributed by atoms with E-state index in [0.29, 0.717) is 6.42 Å². The molecule has 2 heteroatoms. The molecule has 0 spiro atoms. The van der Waals surface area contributed by atoms with Gasteiger partial charge in [-0.25, -0.2) is 0 Å². The summed E-state index contributed by atoms with van der Waals surface area (Å²) in [5, 5.41) is 0. The molecule has 1 aromatic rings. The van der Waals surface area contributed by atoms with E-state index in [0.717, 1.165) is 18.3 Å². The van der Waals surface area contributed by atoms with E-state index in [-0.39, 0.29) is 11.7 Å². The van der Waals surface area contributed by atoms with Crippen LogP contribution in [-0.2, 0) is 9.59 Å². The van der Waals surface area contributed by atoms with E-state index in [1.807, 2.05) is 30.3 Å². The van der Waals surface area contributed by atoms with Gasteiger partial charge in [0.1, 0.15) is 6.29 Å². The summed E-state index contributed by atoms with van der Waals surface area (Å²) in [6.45, 7) is 1.74. The maximum Gasteiger partial charge on any atom is 0.153 e. The van der Waals surface area contributed by atoms with Gasteiger partial charge in [-0.2, -0.15) is 0 Å². The Kier molecular flexibility index (Phi) is 2.43. The van der Waals surface area contributed by atoms with E-state index in [1.165, 1.54) is 0 Å². The molecule has 1 aliphatic carbocycles. The Bertz CT molecular complexity index is 383. The molecule has 0 saturated heterocycles. The zero-order chi connectivity index (χ0) is 10.9. The third-order valence-corrected chi connectivity index (χ3v) is 3.29. The third kappa shape index (κ3) is 1.60. The summed E-state index contributed by atoms with van der Waals surface area (Å²) in [4.78, 5) is 22.9. The molecule has 1 fully saturated rings. The normalized spacial score (nSPS) is 30.5. The standard InChI is InChI=1S/C13H14O2/c1-13(9-14)8-7-11(12(13)15)10-5-3-2-4-6-10/h2-6,9,11H,7-8H2,1H3/t11-,13-/m1/s1. The van der Waals surface area contributed by atoms with Crippen molar-refractivity contribution in [3.63, 3.8) is 0 Å². The van der Waals surface area contributed by atoms with Crippen LogP contribution >= 0.6 is 0 Å². The summed E-state index contributed by atoms with van der Waals surface area (Å²) >= 11 is 0. The van der Waals surface area contributed by atoms with Crippen LogP contribution < -0.4 is 0 Å². The minimum atomic E-state index is -0.749. The molecule has 0 radical (unpaired) electrons. The predicted molar refractivity (Wildman–Crippen MR) is 57.6 cm³/mol. The SMILES string of the molecule is C[C@]1(C=O)CC[C@H](c2ccccc2)C1=O. The van der Waals surface area contributed by atoms with Gasteiger partial charge in [-0.3, -0.25) is 4.79 Å². The highest BCUT2D eigenvalue weighted by atomic mass is 16.1. The van der Waals surface area contributed by atoms with Gasteiger partial charge >= 0.3 is 0 Å². The molecule has 15 heavy (non-hydrogen) atoms. The Labute approximate surface area is 89.3 Å². The minimum Gasteiger partial charge on any atom is -0.302 e. The first-order valence-electron chi connectivity index (χ1n) is 5.23. The molecule has 0 N–H and O–H groups in total. The maximum atomic E-state index is 12.0. The highest BCUT2D eigenvalue weighted by Crippen LogP contribution is 2.41. The summed E-state index contributed by atoms with van der Waals surface area (Å²) in [5.74, 6) is -0.00917. The smallest absolute Gasteiger partial charge is 0.153 e. The van der Waals surface area contributed by atoms with Crippen LogP contribution in [0.5, 0.6) is 0 Å². The fourth-order valence-electron chi connectivity index (χ4n) is 2.22. The van der Waals surface area contributed by atoms with Gasteiger partial charge < -0.3 is 4.79 Å². The van der Waals surface area contributed by atoms with Crippen LogP contribution in [0, 0.1) is 5.41 Å². The zero-order valence-electron chi connectivity index (χ0n) is 8.77. The third-order valence-electron chi connectivity index (χ3n) is 3.29. The number of hydrogen-bond donors (Lipinski definition) is 0. The van der Waals surface area contributed by atoms with Crippen molar-refractivity contribution in [2.24, 2.45) is 5.41 Å². The van der Waals surface area contributed by atoms with Gasteiger partial charge in [0.15, 0.2) is 5.78 Å². The van der Waals surface area contributed by atoms with Crippen LogP contribution in [0.15, 0.2) is 30.3 Å². The first-order chi connectivity index (χ1) is 7.17. The number of Topliss-reactive ketones (excluding diaryl/α,β-unsaturated/α-hetero) is 1. The van der Waals surface area contributed by atoms with Crippen LogP contribution in [0.2, 0.25) is 0 Å². The summed E-state index contributed by atoms with van der Waals surface area (Å²) in [6, 6.07) is 9.71. The number of aldehydes is 1. The zero-order valence-corrected chi connectivity index (χ0v) is 8.77. The average molecular weight is 202 g/mol. The average Bonchev–Trinajstić information content (AvgIpc) is 2.58. The minimum absolute atomic E-state index is 0.0729. The van der Waals surface area contributed by atoms with E-state index in [9.17, 15) is 9.59 Å². The summed E-state index contributed by atoms with van der Waals surface area (Å²) < 4.78 is 0. The van der Waals surface area contributed by atoms with Crippen molar-refractivity contribution in [1.29, 1.82) is 0 Å². The van der Waals surface area contributed by atoms with Crippen molar-refractivity contribution in [2.75, 3.05) is 0 Å². The van der Waals surface area contributed by atoms with E-state index < -0.39 is 5.41 Å². The quantitative estimate of drug-likeness (QED) is 0.545. The highest BCUT2D eigenvalue weighted by molar-refractivity contribution is 6.03. The van der Waals surface area contributed by atoms with E-state index >= 15 is 0 Å². The fourth-order valence-corrected chi connectivity index (χ4v) is 2.22. The van der Waals surface area contributed by atoms with E-state index in [2.05, 4.69) is 0 Å². The van der Waals surface area contributed by atoms with E-state index in [4.69, 9.17) is 0 Å². The van der Waals surface area contributed by atoms with Crippen LogP contribution in [0.1, 0.15) is 31.2 Å². The van der Waals surface area contributed by atoms with Crippen LogP contribution in [-0.4, -0.2) is 12.1 Å². The van der Waals surface area contributed by atoms with Crippen molar-refractivity contribution in [2.45, 2.75) is 25.7 Å². The molecular formula is C13H14O2. The molecule has 78 valence electrons. The lowest BCUT2D eigenvalue weighted by atomic mass is 9.86. The van der Waals surface area contributed by atoms with Crippen molar-refractivity contribution in [1.82, 2.24) is 0 Å². The molecule has 0 bridgehead atoms. The lowest BCUT2D eigenvalue weighted by Gasteiger charge is -2.14. The Morgan fingerprint density at radius 3 is 2.53 bits per heavy atom. The molecule has 2 atom stereocenters. The van der Waals surface area contributed by atoms with Gasteiger partial charge in [-0.1, -0.05) is 30.3 Å². The highest BCUT2D eigenvalue weighted by Gasteiger charge is 2.44. The van der Waals surface area contributed by atoms with Gasteiger partial charge in [0, 0.05) is 5.92 Å². The molecule has 0 aromatic heterocycles. The first-order valence-corrected chi connectivity index (χ1v) is 5.23. The lowest BCUT2D eigenvalue weighted by molar-refractivity contribution is -0.131. The number of rotatable bonds is 2. The van der Waals surface area contributed by atoms with Gasteiger partial charge in [-0.15, -0.1) is 0 Å². The molecule has 0 heterocycles. The van der Waals surface area contributed by atoms with Gasteiger partial charge in [0.25, 0.3) is 0 Å². The molecule has 1 aromatic carbocycles. The van der Waals surface area contributed by atoms with Gasteiger partial charge in [0.2, 0.25) is 0 Å². The summed E-state index contributed by atoms with van der Waals surface area (Å²) in [6.07, 6.45) is 2.27. The van der Waals surface area contributed by atoms with Crippen molar-refractivity contribution >= 4 is 12.1 Å². The number of carbonyl (C=O) groups is 2. The molecule has 0 unspecified atom stereocenters. The monoisotopic (exact) mass is 202 g/mol. The molecule has 0 amide bonds. The maximum absolute atomic E-state index is 12.0. The van der Waals surface area contributed by atoms with Crippen LogP contribution in [0.3, 0.4) is 0 Å². The van der Waals surface area contributed by atoms with Crippen LogP contribution in [0.25, 0.3) is 0 Å². The Morgan fingerprint density at radius 2 is 2.00 bits per heavy atom. The summed E-state index contributed by atoms with van der Waals surface area (Å²) in [7, 11) is 0. The molecule has 1 saturated carbocycles. The first kappa shape index (κ1) is 10.1. The fraction of sp³-hybridized carbons (Fsp3) is 0.385. The van der Waals surface area contributed by atoms with Gasteiger partial charge in [0.05, 0.1) is 5.41 Å². The Morgan fingerprint density at radius 1 is 1.33 bits per heavy atom. The Hall–Kier alpha value is -1.44. The number of benzene rings is 1. The number of ketones is 1. The van der Waals surface area contributed by atoms with Crippen molar-refractivity contribution < 1.29 is 9.59 Å².